The summed E-state index contributed by atoms with van der Waals surface area (Å²) in [6, 6.07) is 5.52. The molecule has 0 radical (unpaired) electrons. The molecular weight excluding hydrogens is 503 g/mol. The lowest BCUT2D eigenvalue weighted by molar-refractivity contribution is 0.0704. The molecule has 2 aromatic heterocycles. The number of nitrogens with one attached hydrogen (secondary N) is 1. The summed E-state index contributed by atoms with van der Waals surface area (Å²) in [5.41, 5.74) is -2.42. The zero-order valence-corrected chi connectivity index (χ0v) is 19.4. The van der Waals surface area contributed by atoms with Gasteiger partial charge in [-0.05, 0) is 30.3 Å². The van der Waals surface area contributed by atoms with Gasteiger partial charge in [-0.2, -0.15) is 0 Å². The van der Waals surface area contributed by atoms with Crippen LogP contribution in [0.1, 0.15) is 15.2 Å². The van der Waals surface area contributed by atoms with Gasteiger partial charge in [0.15, 0.2) is 11.6 Å². The summed E-state index contributed by atoms with van der Waals surface area (Å²) < 4.78 is 49.0. The van der Waals surface area contributed by atoms with Crippen LogP contribution in [-0.2, 0) is 6.54 Å². The van der Waals surface area contributed by atoms with Crippen molar-refractivity contribution in [3.8, 4) is 11.4 Å². The van der Waals surface area contributed by atoms with Crippen molar-refractivity contribution in [2.45, 2.75) is 6.54 Å². The number of nitrogens with zero attached hydrogens (tertiary/aromatic N) is 2. The molecule has 0 atom stereocenters. The number of rotatable bonds is 8. The lowest BCUT2D eigenvalue weighted by Crippen LogP contribution is -2.34. The second-order valence-corrected chi connectivity index (χ2v) is 8.51. The molecule has 36 heavy (non-hydrogen) atoms. The number of hydrogen-bond acceptors (Lipinski definition) is 7. The minimum absolute atomic E-state index is 0.00564. The Labute approximate surface area is 204 Å². The average Bonchev–Trinajstić information content (AvgIpc) is 3.27. The van der Waals surface area contributed by atoms with Gasteiger partial charge in [-0.25, -0.2) is 27.3 Å². The number of carboxylic acid groups (broad SMARTS) is 1. The summed E-state index contributed by atoms with van der Waals surface area (Å²) >= 11 is 0.742. The van der Waals surface area contributed by atoms with Crippen LogP contribution in [0.4, 0.5) is 18.9 Å². The third-order valence-electron chi connectivity index (χ3n) is 5.36. The molecule has 3 N–H and O–H groups in total. The fraction of sp³-hybridized carbons (Fsp3) is 0.174. The lowest BCUT2D eigenvalue weighted by Gasteiger charge is -2.22. The molecule has 0 unspecified atom stereocenters. The summed E-state index contributed by atoms with van der Waals surface area (Å²) in [6.07, 6.45) is 0. The molecule has 0 saturated heterocycles. The van der Waals surface area contributed by atoms with E-state index in [1.165, 1.54) is 29.5 Å². The number of aliphatic hydroxyl groups excluding tert-OH is 1. The fourth-order valence-electron chi connectivity index (χ4n) is 3.66. The highest BCUT2D eigenvalue weighted by Gasteiger charge is 2.22. The van der Waals surface area contributed by atoms with Crippen molar-refractivity contribution in [1.29, 1.82) is 0 Å². The number of aromatic carboxylic acids is 1. The molecule has 13 heteroatoms. The Morgan fingerprint density at radius 3 is 2.58 bits per heavy atom. The number of H-pyrrole nitrogens is 1. The molecule has 0 aliphatic rings. The first kappa shape index (κ1) is 25.0. The molecule has 0 amide bonds. The number of carboxylic acids is 1. The summed E-state index contributed by atoms with van der Waals surface area (Å²) in [4.78, 5) is 40.7. The quantitative estimate of drug-likeness (QED) is 0.326. The van der Waals surface area contributed by atoms with Crippen molar-refractivity contribution in [2.24, 2.45) is 0 Å². The minimum Gasteiger partial charge on any atom is -0.491 e. The fourth-order valence-corrected chi connectivity index (χ4v) is 4.49. The van der Waals surface area contributed by atoms with Crippen LogP contribution in [0.3, 0.4) is 0 Å². The van der Waals surface area contributed by atoms with E-state index in [9.17, 15) is 32.7 Å². The average molecular weight is 521 g/mol. The van der Waals surface area contributed by atoms with E-state index in [2.05, 4.69) is 4.98 Å². The molecular formula is C23H18F3N3O6S. The second-order valence-electron chi connectivity index (χ2n) is 7.63. The van der Waals surface area contributed by atoms with E-state index >= 15 is 0 Å². The predicted molar refractivity (Wildman–Crippen MR) is 126 cm³/mol. The van der Waals surface area contributed by atoms with Gasteiger partial charge < -0.3 is 24.8 Å². The largest absolute Gasteiger partial charge is 0.491 e. The molecule has 0 aliphatic carbocycles. The van der Waals surface area contributed by atoms with Gasteiger partial charge >= 0.3 is 11.7 Å². The van der Waals surface area contributed by atoms with Gasteiger partial charge in [0, 0.05) is 24.7 Å². The van der Waals surface area contributed by atoms with Crippen molar-refractivity contribution < 1.29 is 32.9 Å². The molecule has 0 aliphatic heterocycles. The first-order chi connectivity index (χ1) is 17.1. The van der Waals surface area contributed by atoms with E-state index in [4.69, 9.17) is 9.84 Å². The van der Waals surface area contributed by atoms with Crippen LogP contribution in [0.25, 0.3) is 16.6 Å². The van der Waals surface area contributed by atoms with Gasteiger partial charge in [-0.15, -0.1) is 11.3 Å². The van der Waals surface area contributed by atoms with E-state index in [0.29, 0.717) is 4.57 Å². The van der Waals surface area contributed by atoms with Crippen molar-refractivity contribution in [1.82, 2.24) is 9.55 Å². The molecule has 0 saturated carbocycles. The molecule has 9 nitrogen and oxygen atoms in total. The zero-order valence-electron chi connectivity index (χ0n) is 18.5. The maximum Gasteiger partial charge on any atom is 0.346 e. The molecule has 0 bridgehead atoms. The SMILES string of the molecule is CN(Cc1c(OCCO)ccc(F)c1F)c1ccc(F)c(-n2c(=O)[nH]c3csc(C(=O)O)c3c2=O)c1. The normalized spacial score (nSPS) is 11.1. The number of halogens is 3. The topological polar surface area (TPSA) is 125 Å². The Bertz CT molecular complexity index is 1600. The molecule has 188 valence electrons. The zero-order chi connectivity index (χ0) is 26.1. The Kier molecular flexibility index (Phi) is 6.86. The maximum absolute atomic E-state index is 14.8. The van der Waals surface area contributed by atoms with Gasteiger partial charge in [-0.1, -0.05) is 0 Å². The van der Waals surface area contributed by atoms with Crippen molar-refractivity contribution >= 4 is 33.9 Å². The first-order valence-electron chi connectivity index (χ1n) is 10.4. The molecule has 0 spiro atoms. The highest BCUT2D eigenvalue weighted by atomic mass is 32.1. The Hall–Kier alpha value is -4.10. The van der Waals surface area contributed by atoms with Crippen molar-refractivity contribution in [3.05, 3.63) is 84.4 Å². The molecule has 0 fully saturated rings. The number of carbonyl (C=O) groups is 1. The van der Waals surface area contributed by atoms with Crippen molar-refractivity contribution in [3.63, 3.8) is 0 Å². The minimum atomic E-state index is -1.38. The molecule has 2 heterocycles. The van der Waals surface area contributed by atoms with Crippen LogP contribution in [0.15, 0.2) is 45.3 Å². The third kappa shape index (κ3) is 4.45. The van der Waals surface area contributed by atoms with E-state index in [0.717, 1.165) is 29.5 Å². The molecule has 4 aromatic rings. The van der Waals surface area contributed by atoms with Crippen LogP contribution in [-0.4, -0.2) is 46.0 Å². The van der Waals surface area contributed by atoms with Crippen LogP contribution >= 0.6 is 11.3 Å². The highest BCUT2D eigenvalue weighted by molar-refractivity contribution is 7.13. The summed E-state index contributed by atoms with van der Waals surface area (Å²) in [7, 11) is 1.48. The van der Waals surface area contributed by atoms with Crippen LogP contribution < -0.4 is 20.9 Å². The lowest BCUT2D eigenvalue weighted by atomic mass is 10.1. The number of aliphatic hydroxyl groups is 1. The number of ether oxygens (including phenoxy) is 1. The number of hydrogen-bond donors (Lipinski definition) is 3. The van der Waals surface area contributed by atoms with Crippen LogP contribution in [0.5, 0.6) is 5.75 Å². The van der Waals surface area contributed by atoms with E-state index in [1.54, 1.807) is 0 Å². The number of fused-ring (bicyclic) bond motifs is 1. The monoisotopic (exact) mass is 521 g/mol. The third-order valence-corrected chi connectivity index (χ3v) is 6.32. The maximum atomic E-state index is 14.8. The van der Waals surface area contributed by atoms with E-state index in [-0.39, 0.29) is 52.5 Å². The Balaban J connectivity index is 1.79. The van der Waals surface area contributed by atoms with Crippen LogP contribution in [0, 0.1) is 17.5 Å². The predicted octanol–water partition coefficient (Wildman–Crippen LogP) is 2.86. The first-order valence-corrected chi connectivity index (χ1v) is 11.2. The number of aromatic nitrogens is 2. The van der Waals surface area contributed by atoms with Crippen molar-refractivity contribution in [2.75, 3.05) is 25.2 Å². The standard InChI is InChI=1S/C23H18F3N3O6S/c1-28(9-12-17(35-7-6-30)5-4-14(25)19(12)26)11-2-3-13(24)16(8-11)29-21(31)18-15(27-23(29)34)10-36-20(18)22(32)33/h2-5,8,10,30H,6-7,9H2,1H3,(H,27,34)(H,32,33). The Morgan fingerprint density at radius 2 is 1.89 bits per heavy atom. The van der Waals surface area contributed by atoms with Gasteiger partial charge in [-0.3, -0.25) is 4.79 Å². The van der Waals surface area contributed by atoms with Crippen LogP contribution in [0.2, 0.25) is 0 Å². The molecule has 4 rings (SSSR count). The smallest absolute Gasteiger partial charge is 0.346 e. The van der Waals surface area contributed by atoms with E-state index in [1.807, 2.05) is 0 Å². The van der Waals surface area contributed by atoms with Gasteiger partial charge in [0.25, 0.3) is 5.56 Å². The number of anilines is 1. The molecule has 2 aromatic carbocycles. The number of aromatic amines is 1. The highest BCUT2D eigenvalue weighted by Crippen LogP contribution is 2.28. The summed E-state index contributed by atoms with van der Waals surface area (Å²) in [5.74, 6) is -4.62. The van der Waals surface area contributed by atoms with Gasteiger partial charge in [0.1, 0.15) is 23.1 Å². The Morgan fingerprint density at radius 1 is 1.17 bits per heavy atom. The van der Waals surface area contributed by atoms with Gasteiger partial charge in [0.05, 0.1) is 28.8 Å². The number of benzene rings is 2. The summed E-state index contributed by atoms with van der Waals surface area (Å²) in [6.45, 7) is -0.762. The number of thiophene rings is 1. The summed E-state index contributed by atoms with van der Waals surface area (Å²) in [5, 5.41) is 19.4. The van der Waals surface area contributed by atoms with E-state index < -0.39 is 40.4 Å². The second kappa shape index (κ2) is 9.87. The van der Waals surface area contributed by atoms with Gasteiger partial charge in [0.2, 0.25) is 0 Å².